The Kier molecular flexibility index (Phi) is 2.78. The third kappa shape index (κ3) is 2.10. The fraction of sp³-hybridized carbons (Fsp3) is 0.182. The molecule has 88 valence electrons. The molecule has 0 radical (unpaired) electrons. The van der Waals surface area contributed by atoms with Crippen molar-refractivity contribution in [2.24, 2.45) is 0 Å². The predicted molar refractivity (Wildman–Crippen MR) is 62.3 cm³/mol. The number of hydrogen-bond acceptors (Lipinski definition) is 5. The number of aryl methyl sites for hydroxylation is 1. The zero-order valence-electron chi connectivity index (χ0n) is 9.52. The molecule has 1 aromatic carbocycles. The summed E-state index contributed by atoms with van der Waals surface area (Å²) < 4.78 is 5.01. The average Bonchev–Trinajstić information content (AvgIpc) is 2.81. The smallest absolute Gasteiger partial charge is 0.292 e. The zero-order chi connectivity index (χ0) is 12.4. The van der Waals surface area contributed by atoms with Crippen LogP contribution >= 0.6 is 0 Å². The van der Waals surface area contributed by atoms with Crippen molar-refractivity contribution in [2.75, 3.05) is 12.8 Å². The van der Waals surface area contributed by atoms with Crippen LogP contribution in [0.5, 0.6) is 0 Å². The van der Waals surface area contributed by atoms with Gasteiger partial charge in [-0.2, -0.15) is 4.98 Å². The second-order valence-electron chi connectivity index (χ2n) is 3.57. The summed E-state index contributed by atoms with van der Waals surface area (Å²) in [5.74, 6) is -0.0733. The van der Waals surface area contributed by atoms with E-state index >= 15 is 0 Å². The highest BCUT2D eigenvalue weighted by atomic mass is 16.5. The monoisotopic (exact) mass is 232 g/mol. The minimum atomic E-state index is -0.382. The maximum Gasteiger partial charge on any atom is 0.292 e. The summed E-state index contributed by atoms with van der Waals surface area (Å²) in [7, 11) is 1.51. The number of carbonyl (C=O) groups excluding carboxylic acids is 1. The fourth-order valence-electron chi connectivity index (χ4n) is 1.35. The van der Waals surface area contributed by atoms with Crippen molar-refractivity contribution < 1.29 is 9.32 Å². The number of nitrogen functional groups attached to an aromatic ring is 1. The number of benzene rings is 1. The molecular weight excluding hydrogens is 220 g/mol. The molecule has 1 aromatic heterocycles. The lowest BCUT2D eigenvalue weighted by atomic mass is 10.1. The van der Waals surface area contributed by atoms with Crippen LogP contribution in [0.2, 0.25) is 0 Å². The minimum absolute atomic E-state index is 0.0111. The van der Waals surface area contributed by atoms with Crippen LogP contribution in [0.25, 0.3) is 11.5 Å². The lowest BCUT2D eigenvalue weighted by molar-refractivity contribution is 0.0950. The van der Waals surface area contributed by atoms with Gasteiger partial charge in [0.1, 0.15) is 0 Å². The van der Waals surface area contributed by atoms with E-state index in [-0.39, 0.29) is 11.7 Å². The van der Waals surface area contributed by atoms with E-state index in [2.05, 4.69) is 15.5 Å². The van der Waals surface area contributed by atoms with Gasteiger partial charge in [-0.1, -0.05) is 5.16 Å². The van der Waals surface area contributed by atoms with E-state index in [1.807, 2.05) is 13.0 Å². The van der Waals surface area contributed by atoms with Crippen molar-refractivity contribution in [1.82, 2.24) is 15.5 Å². The molecule has 0 aliphatic heterocycles. The number of amides is 1. The van der Waals surface area contributed by atoms with Crippen LogP contribution in [0, 0.1) is 6.92 Å². The molecule has 0 atom stereocenters. The van der Waals surface area contributed by atoms with Gasteiger partial charge in [0.15, 0.2) is 0 Å². The van der Waals surface area contributed by atoms with Crippen molar-refractivity contribution in [3.63, 3.8) is 0 Å². The summed E-state index contributed by atoms with van der Waals surface area (Å²) in [4.78, 5) is 15.3. The normalized spacial score (nSPS) is 10.2. The zero-order valence-corrected chi connectivity index (χ0v) is 9.52. The summed E-state index contributed by atoms with van der Waals surface area (Å²) in [5.41, 5.74) is 8.06. The molecule has 0 aliphatic rings. The van der Waals surface area contributed by atoms with Crippen molar-refractivity contribution in [1.29, 1.82) is 0 Å². The van der Waals surface area contributed by atoms with Crippen LogP contribution in [0.15, 0.2) is 22.7 Å². The van der Waals surface area contributed by atoms with Crippen molar-refractivity contribution in [3.8, 4) is 11.5 Å². The van der Waals surface area contributed by atoms with Crippen LogP contribution in [0.1, 0.15) is 16.2 Å². The first-order chi connectivity index (χ1) is 8.11. The van der Waals surface area contributed by atoms with E-state index < -0.39 is 0 Å². The molecule has 1 amide bonds. The first kappa shape index (κ1) is 11.1. The highest BCUT2D eigenvalue weighted by molar-refractivity contribution is 5.90. The third-order valence-corrected chi connectivity index (χ3v) is 2.37. The number of anilines is 1. The minimum Gasteiger partial charge on any atom is -0.399 e. The molecule has 0 unspecified atom stereocenters. The highest BCUT2D eigenvalue weighted by Crippen LogP contribution is 2.21. The average molecular weight is 232 g/mol. The molecule has 0 spiro atoms. The van der Waals surface area contributed by atoms with Gasteiger partial charge >= 0.3 is 0 Å². The molecule has 1 heterocycles. The number of nitrogens with zero attached hydrogens (tertiary/aromatic N) is 2. The van der Waals surface area contributed by atoms with E-state index in [0.717, 1.165) is 11.1 Å². The van der Waals surface area contributed by atoms with Gasteiger partial charge in [-0.3, -0.25) is 4.79 Å². The summed E-state index contributed by atoms with van der Waals surface area (Å²) >= 11 is 0. The van der Waals surface area contributed by atoms with E-state index in [1.54, 1.807) is 12.1 Å². The number of nitrogens with two attached hydrogens (primary N) is 1. The van der Waals surface area contributed by atoms with Gasteiger partial charge in [-0.15, -0.1) is 0 Å². The van der Waals surface area contributed by atoms with Gasteiger partial charge in [0.25, 0.3) is 17.6 Å². The predicted octanol–water partition coefficient (Wildman–Crippen LogP) is 0.987. The fourth-order valence-corrected chi connectivity index (χ4v) is 1.35. The molecular formula is C11H12N4O2. The van der Waals surface area contributed by atoms with Gasteiger partial charge in [0.2, 0.25) is 0 Å². The number of aromatic nitrogens is 2. The third-order valence-electron chi connectivity index (χ3n) is 2.37. The van der Waals surface area contributed by atoms with Crippen LogP contribution in [-0.2, 0) is 0 Å². The van der Waals surface area contributed by atoms with Crippen molar-refractivity contribution in [2.45, 2.75) is 6.92 Å². The molecule has 0 aliphatic carbocycles. The number of hydrogen-bond donors (Lipinski definition) is 2. The van der Waals surface area contributed by atoms with E-state index in [4.69, 9.17) is 10.3 Å². The Bertz CT molecular complexity index is 562. The van der Waals surface area contributed by atoms with Crippen molar-refractivity contribution in [3.05, 3.63) is 29.6 Å². The maximum atomic E-state index is 11.3. The number of rotatable bonds is 2. The van der Waals surface area contributed by atoms with Crippen LogP contribution in [0.3, 0.4) is 0 Å². The topological polar surface area (TPSA) is 94.0 Å². The van der Waals surface area contributed by atoms with Gasteiger partial charge in [0, 0.05) is 18.3 Å². The molecule has 0 saturated carbocycles. The summed E-state index contributed by atoms with van der Waals surface area (Å²) in [6.45, 7) is 1.88. The summed E-state index contributed by atoms with van der Waals surface area (Å²) in [5, 5.41) is 6.01. The molecule has 3 N–H and O–H groups in total. The Morgan fingerprint density at radius 2 is 2.24 bits per heavy atom. The number of nitrogens with one attached hydrogen (secondary N) is 1. The van der Waals surface area contributed by atoms with Crippen LogP contribution in [-0.4, -0.2) is 23.1 Å². The first-order valence-corrected chi connectivity index (χ1v) is 5.04. The second-order valence-corrected chi connectivity index (χ2v) is 3.57. The standard InChI is InChI=1S/C11H12N4O2/c1-6-5-7(3-4-8(6)12)11-14-9(15-17-11)10(16)13-2/h3-5H,12H2,1-2H3,(H,13,16). The molecule has 6 heteroatoms. The Hall–Kier alpha value is -2.37. The first-order valence-electron chi connectivity index (χ1n) is 5.04. The van der Waals surface area contributed by atoms with Crippen LogP contribution in [0.4, 0.5) is 5.69 Å². The van der Waals surface area contributed by atoms with Gasteiger partial charge in [-0.25, -0.2) is 0 Å². The summed E-state index contributed by atoms with van der Waals surface area (Å²) in [6, 6.07) is 5.36. The van der Waals surface area contributed by atoms with E-state index in [9.17, 15) is 4.79 Å². The Labute approximate surface area is 97.8 Å². The lowest BCUT2D eigenvalue weighted by Gasteiger charge is -2.00. The molecule has 0 saturated heterocycles. The molecule has 2 aromatic rings. The Balaban J connectivity index is 2.37. The van der Waals surface area contributed by atoms with E-state index in [0.29, 0.717) is 11.6 Å². The molecule has 0 bridgehead atoms. The lowest BCUT2D eigenvalue weighted by Crippen LogP contribution is -2.19. The van der Waals surface area contributed by atoms with E-state index in [1.165, 1.54) is 7.05 Å². The molecule has 17 heavy (non-hydrogen) atoms. The quantitative estimate of drug-likeness (QED) is 0.753. The van der Waals surface area contributed by atoms with Gasteiger partial charge in [0.05, 0.1) is 0 Å². The van der Waals surface area contributed by atoms with Gasteiger partial charge in [-0.05, 0) is 30.7 Å². The molecule has 0 fully saturated rings. The Morgan fingerprint density at radius 3 is 2.88 bits per heavy atom. The van der Waals surface area contributed by atoms with Crippen molar-refractivity contribution >= 4 is 11.6 Å². The van der Waals surface area contributed by atoms with Crippen LogP contribution < -0.4 is 11.1 Å². The SMILES string of the molecule is CNC(=O)c1noc(-c2ccc(N)c(C)c2)n1. The summed E-state index contributed by atoms with van der Waals surface area (Å²) in [6.07, 6.45) is 0. The number of carbonyl (C=O) groups is 1. The van der Waals surface area contributed by atoms with Gasteiger partial charge < -0.3 is 15.6 Å². The molecule has 2 rings (SSSR count). The Morgan fingerprint density at radius 1 is 1.47 bits per heavy atom. The maximum absolute atomic E-state index is 11.3. The highest BCUT2D eigenvalue weighted by Gasteiger charge is 2.14. The molecule has 6 nitrogen and oxygen atoms in total. The second kappa shape index (κ2) is 4.25. The largest absolute Gasteiger partial charge is 0.399 e.